The predicted molar refractivity (Wildman–Crippen MR) is 249 cm³/mol. The molecule has 0 saturated carbocycles. The van der Waals surface area contributed by atoms with E-state index < -0.39 is 72.5 Å². The highest BCUT2D eigenvalue weighted by atomic mass is 16.3. The molecule has 0 aliphatic heterocycles. The second-order valence-corrected chi connectivity index (χ2v) is 15.5. The monoisotopic (exact) mass is 766 g/mol. The van der Waals surface area contributed by atoms with Gasteiger partial charge in [0.25, 0.3) is 0 Å². The van der Waals surface area contributed by atoms with Gasteiger partial charge in [0.15, 0.2) is 0 Å². The average Bonchev–Trinajstić information content (AvgIpc) is 3.90. The van der Waals surface area contributed by atoms with Crippen LogP contribution in [0.4, 0.5) is 17.1 Å². The standard InChI is InChI=1S/C57H39NO/c1-57(2)51-18-10-8-15-45(51)46-31-29-42(35-52(46)57)58(40-25-20-37(21-26-40)36-12-4-3-5-13-36)41-27-22-38(23-28-41)39-24-30-44-43-14-6-7-16-47(43)55-48(50(44)34-39)32-33-54-56(55)49-17-9-11-19-53(49)59-54/h3-35H,1-2H3/i6D,7D,9D,11D,14D,16D,17D,19D,24D,30D,32D,33D,34D. The smallest absolute Gasteiger partial charge is 0.136 e. The van der Waals surface area contributed by atoms with Crippen molar-refractivity contribution in [2.45, 2.75) is 19.3 Å². The predicted octanol–water partition coefficient (Wildman–Crippen LogP) is 16.2. The Labute approximate surface area is 361 Å². The van der Waals surface area contributed by atoms with Gasteiger partial charge in [-0.15, -0.1) is 0 Å². The molecule has 1 aliphatic rings. The van der Waals surface area contributed by atoms with Crippen LogP contribution in [0.25, 0.3) is 87.6 Å². The molecule has 2 nitrogen and oxygen atoms in total. The molecule has 0 spiro atoms. The summed E-state index contributed by atoms with van der Waals surface area (Å²) in [5.74, 6) is 0. The van der Waals surface area contributed by atoms with E-state index in [4.69, 9.17) is 12.6 Å². The second-order valence-electron chi connectivity index (χ2n) is 15.5. The van der Waals surface area contributed by atoms with E-state index >= 15 is 0 Å². The van der Waals surface area contributed by atoms with Gasteiger partial charge in [0.05, 0.1) is 17.8 Å². The van der Waals surface area contributed by atoms with Crippen LogP contribution in [0.15, 0.2) is 204 Å². The molecule has 1 aliphatic carbocycles. The SMILES string of the molecule is [2H]c1c([2H])c([2H])c2c(oc3c([2H])c([2H])c4c5c([2H])c(-c6ccc(N(c7ccc(-c8ccccc8)cc7)c7ccc8c(c7)C(C)(C)c7ccccc7-8)cc6)c([2H])c([2H])c5c5c([2H])c([2H])c([2H])c([2H])c5c4c32)c1[2H]. The van der Waals surface area contributed by atoms with Gasteiger partial charge in [0.2, 0.25) is 0 Å². The van der Waals surface area contributed by atoms with Crippen molar-refractivity contribution in [1.82, 2.24) is 0 Å². The molecule has 12 rings (SSSR count). The minimum atomic E-state index is -0.646. The lowest BCUT2D eigenvalue weighted by molar-refractivity contribution is 0.660. The average molecular weight is 767 g/mol. The van der Waals surface area contributed by atoms with Crippen molar-refractivity contribution >= 4 is 71.3 Å². The molecule has 0 bridgehead atoms. The van der Waals surface area contributed by atoms with E-state index in [2.05, 4.69) is 97.6 Å². The van der Waals surface area contributed by atoms with Gasteiger partial charge in [-0.1, -0.05) is 153 Å². The number of rotatable bonds is 5. The fourth-order valence-electron chi connectivity index (χ4n) is 8.99. The van der Waals surface area contributed by atoms with Crippen molar-refractivity contribution in [2.24, 2.45) is 0 Å². The molecule has 59 heavy (non-hydrogen) atoms. The summed E-state index contributed by atoms with van der Waals surface area (Å²) >= 11 is 0. The third-order valence-corrected chi connectivity index (χ3v) is 11.9. The van der Waals surface area contributed by atoms with Crippen LogP contribution in [0.1, 0.15) is 42.8 Å². The number of para-hydroxylation sites is 1. The van der Waals surface area contributed by atoms with Crippen LogP contribution in [0, 0.1) is 0 Å². The van der Waals surface area contributed by atoms with Crippen molar-refractivity contribution in [1.29, 1.82) is 0 Å². The normalized spacial score (nSPS) is 16.1. The summed E-state index contributed by atoms with van der Waals surface area (Å²) in [6.07, 6.45) is 0. The molecule has 0 N–H and O–H groups in total. The third kappa shape index (κ3) is 5.13. The zero-order valence-electron chi connectivity index (χ0n) is 44.9. The molecule has 1 heterocycles. The molecular weight excluding hydrogens is 715 g/mol. The fourth-order valence-corrected chi connectivity index (χ4v) is 8.99. The molecule has 2 heteroatoms. The summed E-state index contributed by atoms with van der Waals surface area (Å²) in [5.41, 5.74) is 8.91. The summed E-state index contributed by atoms with van der Waals surface area (Å²) in [4.78, 5) is 2.14. The van der Waals surface area contributed by atoms with E-state index in [1.54, 1.807) is 12.1 Å². The number of hydrogen-bond donors (Lipinski definition) is 0. The summed E-state index contributed by atoms with van der Waals surface area (Å²) in [5, 5.41) is -1.22. The molecule has 0 saturated heterocycles. The van der Waals surface area contributed by atoms with E-state index in [0.29, 0.717) is 5.56 Å². The zero-order valence-corrected chi connectivity index (χ0v) is 31.9. The Kier molecular flexibility index (Phi) is 5.01. The first-order valence-corrected chi connectivity index (χ1v) is 19.4. The summed E-state index contributed by atoms with van der Waals surface area (Å²) in [7, 11) is 0. The van der Waals surface area contributed by atoms with Crippen molar-refractivity contribution in [3.05, 3.63) is 211 Å². The van der Waals surface area contributed by atoms with Gasteiger partial charge < -0.3 is 9.32 Å². The van der Waals surface area contributed by atoms with Crippen LogP contribution in [0.5, 0.6) is 0 Å². The second kappa shape index (κ2) is 12.8. The van der Waals surface area contributed by atoms with Crippen LogP contribution < -0.4 is 4.90 Å². The highest BCUT2D eigenvalue weighted by molar-refractivity contribution is 6.34. The lowest BCUT2D eigenvalue weighted by Crippen LogP contribution is -2.16. The van der Waals surface area contributed by atoms with Gasteiger partial charge in [0, 0.05) is 38.6 Å². The Morgan fingerprint density at radius 3 is 1.78 bits per heavy atom. The lowest BCUT2D eigenvalue weighted by atomic mass is 9.82. The number of hydrogen-bond acceptors (Lipinski definition) is 2. The molecule has 0 unspecified atom stereocenters. The number of fused-ring (bicyclic) bond motifs is 13. The summed E-state index contributed by atoms with van der Waals surface area (Å²) in [6, 6.07) is 33.7. The number of anilines is 3. The highest BCUT2D eigenvalue weighted by Crippen LogP contribution is 2.51. The summed E-state index contributed by atoms with van der Waals surface area (Å²) in [6.45, 7) is 4.46. The van der Waals surface area contributed by atoms with Gasteiger partial charge in [-0.25, -0.2) is 0 Å². The zero-order chi connectivity index (χ0) is 50.6. The number of furan rings is 1. The quantitative estimate of drug-likeness (QED) is 0.162. The Morgan fingerprint density at radius 2 is 1.00 bits per heavy atom. The number of benzene rings is 10. The Balaban J connectivity index is 1.11. The molecular formula is C57H39NO. The number of nitrogens with zero attached hydrogens (tertiary/aromatic N) is 1. The van der Waals surface area contributed by atoms with Crippen molar-refractivity contribution in [3.63, 3.8) is 0 Å². The van der Waals surface area contributed by atoms with E-state index in [0.717, 1.165) is 33.8 Å². The maximum absolute atomic E-state index is 10.00. The molecule has 10 aromatic carbocycles. The lowest BCUT2D eigenvalue weighted by Gasteiger charge is -2.28. The van der Waals surface area contributed by atoms with Gasteiger partial charge in [0.1, 0.15) is 11.2 Å². The van der Waals surface area contributed by atoms with Crippen LogP contribution in [-0.2, 0) is 5.41 Å². The first-order chi connectivity index (χ1) is 34.4. The van der Waals surface area contributed by atoms with E-state index in [9.17, 15) is 9.60 Å². The molecule has 278 valence electrons. The molecule has 0 amide bonds. The third-order valence-electron chi connectivity index (χ3n) is 11.9. The topological polar surface area (TPSA) is 16.4 Å². The minimum Gasteiger partial charge on any atom is -0.456 e. The van der Waals surface area contributed by atoms with Crippen molar-refractivity contribution < 1.29 is 22.2 Å². The maximum Gasteiger partial charge on any atom is 0.136 e. The van der Waals surface area contributed by atoms with Gasteiger partial charge in [-0.05, 0) is 132 Å². The van der Waals surface area contributed by atoms with Gasteiger partial charge >= 0.3 is 0 Å². The molecule has 0 fully saturated rings. The molecule has 0 atom stereocenters. The van der Waals surface area contributed by atoms with Crippen molar-refractivity contribution in [3.8, 4) is 33.4 Å². The van der Waals surface area contributed by atoms with E-state index in [1.165, 1.54) is 16.7 Å². The minimum absolute atomic E-state index is 0.00124. The first-order valence-electron chi connectivity index (χ1n) is 25.9. The maximum atomic E-state index is 10.00. The highest BCUT2D eigenvalue weighted by Gasteiger charge is 2.35. The van der Waals surface area contributed by atoms with Gasteiger partial charge in [-0.2, -0.15) is 0 Å². The first kappa shape index (κ1) is 23.1. The van der Waals surface area contributed by atoms with E-state index in [1.807, 2.05) is 30.3 Å². The Hall–Kier alpha value is -7.42. The summed E-state index contributed by atoms with van der Waals surface area (Å²) < 4.78 is 124. The van der Waals surface area contributed by atoms with E-state index in [-0.39, 0.29) is 71.3 Å². The Bertz CT molecular complexity index is 4210. The molecule has 1 aromatic heterocycles. The van der Waals surface area contributed by atoms with Crippen molar-refractivity contribution in [2.75, 3.05) is 4.90 Å². The largest absolute Gasteiger partial charge is 0.456 e. The fraction of sp³-hybridized carbons (Fsp3) is 0.0526. The van der Waals surface area contributed by atoms with Crippen LogP contribution in [0.3, 0.4) is 0 Å². The van der Waals surface area contributed by atoms with Crippen LogP contribution in [0.2, 0.25) is 0 Å². The van der Waals surface area contributed by atoms with Crippen LogP contribution in [-0.4, -0.2) is 0 Å². The molecule has 0 radical (unpaired) electrons. The van der Waals surface area contributed by atoms with Crippen LogP contribution >= 0.6 is 0 Å². The van der Waals surface area contributed by atoms with Gasteiger partial charge in [-0.3, -0.25) is 0 Å². The Morgan fingerprint density at radius 1 is 0.424 bits per heavy atom. The molecule has 11 aromatic rings.